The molecule has 0 spiro atoms. The van der Waals surface area contributed by atoms with Gasteiger partial charge in [0, 0.05) is 24.7 Å². The number of halogens is 1. The number of rotatable bonds is 3. The van der Waals surface area contributed by atoms with Crippen LogP contribution in [0.25, 0.3) is 0 Å². The molecule has 0 N–H and O–H groups in total. The Kier molecular flexibility index (Phi) is 3.77. The van der Waals surface area contributed by atoms with Gasteiger partial charge in [0.15, 0.2) is 0 Å². The van der Waals surface area contributed by atoms with Crippen molar-refractivity contribution in [2.45, 2.75) is 6.42 Å². The third-order valence-corrected chi connectivity index (χ3v) is 3.72. The molecule has 1 amide bonds. The number of benzene rings is 1. The van der Waals surface area contributed by atoms with Crippen molar-refractivity contribution in [2.24, 2.45) is 5.92 Å². The molecule has 2 rings (SSSR count). The van der Waals surface area contributed by atoms with E-state index in [2.05, 4.69) is 12.6 Å². The minimum absolute atomic E-state index is 0.000954. The van der Waals surface area contributed by atoms with Gasteiger partial charge in [0.2, 0.25) is 5.91 Å². The van der Waals surface area contributed by atoms with Gasteiger partial charge < -0.3 is 4.90 Å². The van der Waals surface area contributed by atoms with Gasteiger partial charge in [0.05, 0.1) is 4.92 Å². The predicted molar refractivity (Wildman–Crippen MR) is 72.4 cm³/mol. The summed E-state index contributed by atoms with van der Waals surface area (Å²) in [5, 5.41) is 10.7. The standard InChI is InChI=1S/C11H11ClN2O3S/c12-9-4-8(1-2-10(9)14(16)17)13-5-7(6-18)3-11(13)15/h1-2,4,7,18H,3,5-6H2. The second-order valence-electron chi connectivity index (χ2n) is 4.15. The molecule has 1 aromatic carbocycles. The molecular formula is C11H11ClN2O3S. The lowest BCUT2D eigenvalue weighted by Crippen LogP contribution is -2.24. The first-order chi connectivity index (χ1) is 8.52. The van der Waals surface area contributed by atoms with Crippen LogP contribution >= 0.6 is 24.2 Å². The monoisotopic (exact) mass is 286 g/mol. The van der Waals surface area contributed by atoms with Crippen LogP contribution in [0.4, 0.5) is 11.4 Å². The summed E-state index contributed by atoms with van der Waals surface area (Å²) in [4.78, 5) is 23.5. The normalized spacial score (nSPS) is 19.3. The van der Waals surface area contributed by atoms with Crippen molar-refractivity contribution in [1.82, 2.24) is 0 Å². The molecule has 1 unspecified atom stereocenters. The number of nitro benzene ring substituents is 1. The lowest BCUT2D eigenvalue weighted by Gasteiger charge is -2.16. The highest BCUT2D eigenvalue weighted by Gasteiger charge is 2.30. The number of nitro groups is 1. The fraction of sp³-hybridized carbons (Fsp3) is 0.364. The Morgan fingerprint density at radius 1 is 1.56 bits per heavy atom. The topological polar surface area (TPSA) is 63.5 Å². The first-order valence-corrected chi connectivity index (χ1v) is 6.39. The lowest BCUT2D eigenvalue weighted by atomic mass is 10.1. The number of hydrogen-bond donors (Lipinski definition) is 1. The molecule has 1 fully saturated rings. The van der Waals surface area contributed by atoms with Crippen molar-refractivity contribution in [1.29, 1.82) is 0 Å². The van der Waals surface area contributed by atoms with Crippen molar-refractivity contribution in [3.63, 3.8) is 0 Å². The maximum absolute atomic E-state index is 11.8. The minimum atomic E-state index is -0.547. The number of anilines is 1. The second-order valence-corrected chi connectivity index (χ2v) is 4.92. The molecular weight excluding hydrogens is 276 g/mol. The zero-order valence-electron chi connectivity index (χ0n) is 9.38. The zero-order valence-corrected chi connectivity index (χ0v) is 11.0. The smallest absolute Gasteiger partial charge is 0.288 e. The number of nitrogens with zero attached hydrogens (tertiary/aromatic N) is 2. The van der Waals surface area contributed by atoms with E-state index >= 15 is 0 Å². The predicted octanol–water partition coefficient (Wildman–Crippen LogP) is 2.53. The first kappa shape index (κ1) is 13.2. The third kappa shape index (κ3) is 2.44. The van der Waals surface area contributed by atoms with Gasteiger partial charge >= 0.3 is 0 Å². The molecule has 0 aromatic heterocycles. The van der Waals surface area contributed by atoms with Crippen molar-refractivity contribution in [3.8, 4) is 0 Å². The van der Waals surface area contributed by atoms with E-state index in [0.717, 1.165) is 0 Å². The third-order valence-electron chi connectivity index (χ3n) is 2.90. The fourth-order valence-electron chi connectivity index (χ4n) is 1.97. The van der Waals surface area contributed by atoms with Crippen LogP contribution in [0.5, 0.6) is 0 Å². The van der Waals surface area contributed by atoms with E-state index in [-0.39, 0.29) is 22.5 Å². The molecule has 1 atom stereocenters. The quantitative estimate of drug-likeness (QED) is 0.527. The molecule has 0 radical (unpaired) electrons. The number of carbonyl (C=O) groups is 1. The summed E-state index contributed by atoms with van der Waals surface area (Å²) in [5.41, 5.74) is 0.442. The lowest BCUT2D eigenvalue weighted by molar-refractivity contribution is -0.384. The summed E-state index contributed by atoms with van der Waals surface area (Å²) in [7, 11) is 0. The van der Waals surface area contributed by atoms with Crippen LogP contribution in [0.3, 0.4) is 0 Å². The molecule has 0 bridgehead atoms. The molecule has 1 saturated heterocycles. The van der Waals surface area contributed by atoms with E-state index in [1.54, 1.807) is 11.0 Å². The summed E-state index contributed by atoms with van der Waals surface area (Å²) in [6, 6.07) is 4.32. The molecule has 0 aliphatic carbocycles. The summed E-state index contributed by atoms with van der Waals surface area (Å²) >= 11 is 10.0. The van der Waals surface area contributed by atoms with Gasteiger partial charge in [0.1, 0.15) is 5.02 Å². The van der Waals surface area contributed by atoms with Gasteiger partial charge in [-0.3, -0.25) is 14.9 Å². The van der Waals surface area contributed by atoms with Crippen LogP contribution in [0.15, 0.2) is 18.2 Å². The summed E-state index contributed by atoms with van der Waals surface area (Å²) in [6.07, 6.45) is 0.456. The molecule has 1 heterocycles. The summed E-state index contributed by atoms with van der Waals surface area (Å²) in [6.45, 7) is 0.580. The van der Waals surface area contributed by atoms with Gasteiger partial charge in [0.25, 0.3) is 5.69 Å². The Bertz CT molecular complexity index is 509. The van der Waals surface area contributed by atoms with Crippen molar-refractivity contribution < 1.29 is 9.72 Å². The Hall–Kier alpha value is -1.27. The molecule has 96 valence electrons. The van der Waals surface area contributed by atoms with Crippen molar-refractivity contribution in [2.75, 3.05) is 17.2 Å². The Labute approximate surface area is 114 Å². The van der Waals surface area contributed by atoms with Crippen LogP contribution in [0.2, 0.25) is 5.02 Å². The number of thiol groups is 1. The van der Waals surface area contributed by atoms with Gasteiger partial charge in [-0.05, 0) is 23.8 Å². The molecule has 1 aliphatic rings. The Balaban J connectivity index is 2.27. The Morgan fingerprint density at radius 2 is 2.28 bits per heavy atom. The van der Waals surface area contributed by atoms with Crippen LogP contribution in [-0.2, 0) is 4.79 Å². The van der Waals surface area contributed by atoms with E-state index < -0.39 is 4.92 Å². The van der Waals surface area contributed by atoms with Gasteiger partial charge in [-0.2, -0.15) is 12.6 Å². The van der Waals surface area contributed by atoms with Gasteiger partial charge in [-0.25, -0.2) is 0 Å². The van der Waals surface area contributed by atoms with Crippen LogP contribution in [0, 0.1) is 16.0 Å². The average molecular weight is 287 g/mol. The van der Waals surface area contributed by atoms with E-state index in [1.807, 2.05) is 0 Å². The van der Waals surface area contributed by atoms with E-state index in [1.165, 1.54) is 12.1 Å². The molecule has 1 aromatic rings. The van der Waals surface area contributed by atoms with Crippen LogP contribution in [0.1, 0.15) is 6.42 Å². The maximum Gasteiger partial charge on any atom is 0.288 e. The molecule has 5 nitrogen and oxygen atoms in total. The van der Waals surface area contributed by atoms with E-state index in [0.29, 0.717) is 24.4 Å². The highest BCUT2D eigenvalue weighted by atomic mass is 35.5. The zero-order chi connectivity index (χ0) is 13.3. The molecule has 0 saturated carbocycles. The van der Waals surface area contributed by atoms with Crippen LogP contribution < -0.4 is 4.90 Å². The second kappa shape index (κ2) is 5.16. The number of hydrogen-bond acceptors (Lipinski definition) is 4. The fourth-order valence-corrected chi connectivity index (χ4v) is 2.45. The number of carbonyl (C=O) groups excluding carboxylic acids is 1. The van der Waals surface area contributed by atoms with Gasteiger partial charge in [-0.15, -0.1) is 0 Å². The SMILES string of the molecule is O=C1CC(CS)CN1c1ccc([N+](=O)[O-])c(Cl)c1. The minimum Gasteiger partial charge on any atom is -0.312 e. The molecule has 7 heteroatoms. The van der Waals surface area contributed by atoms with Crippen LogP contribution in [-0.4, -0.2) is 23.1 Å². The van der Waals surface area contributed by atoms with Crippen molar-refractivity contribution >= 4 is 41.5 Å². The highest BCUT2D eigenvalue weighted by Crippen LogP contribution is 2.32. The highest BCUT2D eigenvalue weighted by molar-refractivity contribution is 7.80. The Morgan fingerprint density at radius 3 is 2.78 bits per heavy atom. The number of amides is 1. The first-order valence-electron chi connectivity index (χ1n) is 5.38. The summed E-state index contributed by atoms with van der Waals surface area (Å²) in [5.74, 6) is 0.858. The van der Waals surface area contributed by atoms with E-state index in [9.17, 15) is 14.9 Å². The largest absolute Gasteiger partial charge is 0.312 e. The van der Waals surface area contributed by atoms with Crippen molar-refractivity contribution in [3.05, 3.63) is 33.3 Å². The molecule has 18 heavy (non-hydrogen) atoms. The summed E-state index contributed by atoms with van der Waals surface area (Å²) < 4.78 is 0. The van der Waals surface area contributed by atoms with E-state index in [4.69, 9.17) is 11.6 Å². The van der Waals surface area contributed by atoms with Gasteiger partial charge in [-0.1, -0.05) is 11.6 Å². The molecule has 1 aliphatic heterocycles. The maximum atomic E-state index is 11.8. The average Bonchev–Trinajstić information content (AvgIpc) is 2.70.